The average molecular weight is 180 g/mol. The molecule has 0 aromatic rings. The molecule has 0 aromatic carbocycles. The van der Waals surface area contributed by atoms with E-state index in [4.69, 9.17) is 0 Å². The Morgan fingerprint density at radius 1 is 0.769 bits per heavy atom. The molecule has 2 nitrogen and oxygen atoms in total. The number of hydrogen-bond acceptors (Lipinski definition) is 2. The lowest BCUT2D eigenvalue weighted by Gasteiger charge is -2.27. The van der Waals surface area contributed by atoms with Gasteiger partial charge in [0, 0.05) is 10.8 Å². The number of hydrogen-bond donors (Lipinski definition) is 0. The van der Waals surface area contributed by atoms with Gasteiger partial charge in [0.05, 0.1) is 11.4 Å². The second-order valence-corrected chi connectivity index (χ2v) is 5.65. The molecule has 0 atom stereocenters. The predicted molar refractivity (Wildman–Crippen MR) is 58.6 cm³/mol. The Balaban J connectivity index is 2.99. The summed E-state index contributed by atoms with van der Waals surface area (Å²) in [7, 11) is 0. The van der Waals surface area contributed by atoms with Crippen LogP contribution in [-0.2, 0) is 0 Å². The molecule has 13 heavy (non-hydrogen) atoms. The van der Waals surface area contributed by atoms with E-state index >= 15 is 0 Å². The first-order chi connectivity index (χ1) is 5.73. The molecule has 1 heterocycles. The molecule has 0 saturated heterocycles. The van der Waals surface area contributed by atoms with Gasteiger partial charge in [0.15, 0.2) is 0 Å². The Kier molecular flexibility index (Phi) is 2.35. The smallest absolute Gasteiger partial charge is 0.130 e. The Hall–Kier alpha value is -0.660. The summed E-state index contributed by atoms with van der Waals surface area (Å²) in [4.78, 5) is 8.94. The van der Waals surface area contributed by atoms with Crippen molar-refractivity contribution in [1.82, 2.24) is 0 Å². The van der Waals surface area contributed by atoms with Crippen molar-refractivity contribution < 1.29 is 0 Å². The van der Waals surface area contributed by atoms with E-state index in [0.29, 0.717) is 6.67 Å². The van der Waals surface area contributed by atoms with Gasteiger partial charge in [-0.3, -0.25) is 9.98 Å². The SMILES string of the molecule is CC(C)(C)C1=NCN=C1C(C)(C)C. The minimum atomic E-state index is 0.128. The predicted octanol–water partition coefficient (Wildman–Crippen LogP) is 2.93. The highest BCUT2D eigenvalue weighted by Crippen LogP contribution is 2.28. The van der Waals surface area contributed by atoms with Gasteiger partial charge < -0.3 is 0 Å². The van der Waals surface area contributed by atoms with Crippen LogP contribution in [0.25, 0.3) is 0 Å². The molecule has 0 aliphatic carbocycles. The lowest BCUT2D eigenvalue weighted by atomic mass is 9.78. The lowest BCUT2D eigenvalue weighted by Crippen LogP contribution is -2.35. The van der Waals surface area contributed by atoms with E-state index in [1.165, 1.54) is 11.4 Å². The van der Waals surface area contributed by atoms with Gasteiger partial charge in [0.25, 0.3) is 0 Å². The summed E-state index contributed by atoms with van der Waals surface area (Å²) in [6, 6.07) is 0. The zero-order chi connectivity index (χ0) is 10.3. The summed E-state index contributed by atoms with van der Waals surface area (Å²) in [6.07, 6.45) is 0. The molecule has 0 unspecified atom stereocenters. The summed E-state index contributed by atoms with van der Waals surface area (Å²) in [5.41, 5.74) is 2.62. The molecule has 0 radical (unpaired) electrons. The van der Waals surface area contributed by atoms with Crippen LogP contribution >= 0.6 is 0 Å². The lowest BCUT2D eigenvalue weighted by molar-refractivity contribution is 0.569. The number of nitrogens with zero attached hydrogens (tertiary/aromatic N) is 2. The Labute approximate surface area is 81.2 Å². The molecule has 0 fully saturated rings. The van der Waals surface area contributed by atoms with Crippen molar-refractivity contribution in [3.8, 4) is 0 Å². The van der Waals surface area contributed by atoms with E-state index in [1.54, 1.807) is 0 Å². The van der Waals surface area contributed by atoms with Gasteiger partial charge in [0.1, 0.15) is 6.67 Å². The topological polar surface area (TPSA) is 24.7 Å². The molecule has 0 bridgehead atoms. The summed E-state index contributed by atoms with van der Waals surface area (Å²) >= 11 is 0. The molecule has 1 aliphatic rings. The molecule has 0 N–H and O–H groups in total. The molecule has 0 aromatic heterocycles. The van der Waals surface area contributed by atoms with Gasteiger partial charge in [-0.1, -0.05) is 41.5 Å². The summed E-state index contributed by atoms with van der Waals surface area (Å²) in [5.74, 6) is 0. The van der Waals surface area contributed by atoms with Gasteiger partial charge >= 0.3 is 0 Å². The van der Waals surface area contributed by atoms with Crippen molar-refractivity contribution in [2.45, 2.75) is 41.5 Å². The second-order valence-electron chi connectivity index (χ2n) is 5.65. The van der Waals surface area contributed by atoms with Gasteiger partial charge in [-0.15, -0.1) is 0 Å². The summed E-state index contributed by atoms with van der Waals surface area (Å²) < 4.78 is 0. The maximum absolute atomic E-state index is 4.47. The van der Waals surface area contributed by atoms with Crippen LogP contribution in [0.1, 0.15) is 41.5 Å². The van der Waals surface area contributed by atoms with Crippen molar-refractivity contribution in [3.05, 3.63) is 0 Å². The van der Waals surface area contributed by atoms with Crippen LogP contribution < -0.4 is 0 Å². The van der Waals surface area contributed by atoms with Crippen LogP contribution in [0.15, 0.2) is 9.98 Å². The van der Waals surface area contributed by atoms with E-state index in [1.807, 2.05) is 0 Å². The van der Waals surface area contributed by atoms with Gasteiger partial charge in [-0.2, -0.15) is 0 Å². The third-order valence-corrected chi connectivity index (χ3v) is 2.10. The van der Waals surface area contributed by atoms with Crippen molar-refractivity contribution in [3.63, 3.8) is 0 Å². The summed E-state index contributed by atoms with van der Waals surface area (Å²) in [5, 5.41) is 0. The maximum Gasteiger partial charge on any atom is 0.130 e. The molecule has 0 spiro atoms. The molecule has 74 valence electrons. The first kappa shape index (κ1) is 10.4. The van der Waals surface area contributed by atoms with Crippen LogP contribution in [-0.4, -0.2) is 18.1 Å². The monoisotopic (exact) mass is 180 g/mol. The maximum atomic E-state index is 4.47. The highest BCUT2D eigenvalue weighted by atomic mass is 15.0. The molecule has 0 amide bonds. The average Bonchev–Trinajstić information content (AvgIpc) is 2.27. The highest BCUT2D eigenvalue weighted by Gasteiger charge is 2.33. The zero-order valence-corrected chi connectivity index (χ0v) is 9.60. The van der Waals surface area contributed by atoms with Crippen molar-refractivity contribution in [2.75, 3.05) is 6.67 Å². The third-order valence-electron chi connectivity index (χ3n) is 2.10. The number of rotatable bonds is 0. The number of aliphatic imine (C=N–C) groups is 2. The molecular weight excluding hydrogens is 160 g/mol. The largest absolute Gasteiger partial charge is 0.264 e. The third kappa shape index (κ3) is 2.17. The quantitative estimate of drug-likeness (QED) is 0.547. The van der Waals surface area contributed by atoms with E-state index in [0.717, 1.165) is 0 Å². The van der Waals surface area contributed by atoms with Gasteiger partial charge in [-0.05, 0) is 0 Å². The molecule has 2 heteroatoms. The van der Waals surface area contributed by atoms with Gasteiger partial charge in [0.2, 0.25) is 0 Å². The van der Waals surface area contributed by atoms with E-state index in [-0.39, 0.29) is 10.8 Å². The fourth-order valence-electron chi connectivity index (χ4n) is 1.51. The van der Waals surface area contributed by atoms with Crippen LogP contribution in [0.4, 0.5) is 0 Å². The highest BCUT2D eigenvalue weighted by molar-refractivity contribution is 6.46. The first-order valence-electron chi connectivity index (χ1n) is 4.83. The summed E-state index contributed by atoms with van der Waals surface area (Å²) in [6.45, 7) is 13.8. The van der Waals surface area contributed by atoms with Crippen molar-refractivity contribution >= 4 is 11.4 Å². The standard InChI is InChI=1S/C11H20N2/c1-10(2,3)8-9(11(4,5)6)13-7-12-8/h7H2,1-6H3. The van der Waals surface area contributed by atoms with Crippen molar-refractivity contribution in [2.24, 2.45) is 20.8 Å². The van der Waals surface area contributed by atoms with Crippen LogP contribution in [0.2, 0.25) is 0 Å². The van der Waals surface area contributed by atoms with Crippen LogP contribution in [0.5, 0.6) is 0 Å². The van der Waals surface area contributed by atoms with Crippen LogP contribution in [0.3, 0.4) is 0 Å². The van der Waals surface area contributed by atoms with Crippen molar-refractivity contribution in [1.29, 1.82) is 0 Å². The Morgan fingerprint density at radius 3 is 1.31 bits per heavy atom. The molecular formula is C11H20N2. The fraction of sp³-hybridized carbons (Fsp3) is 0.818. The minimum Gasteiger partial charge on any atom is -0.264 e. The van der Waals surface area contributed by atoms with E-state index in [9.17, 15) is 0 Å². The molecule has 1 aliphatic heterocycles. The van der Waals surface area contributed by atoms with E-state index < -0.39 is 0 Å². The Morgan fingerprint density at radius 2 is 1.08 bits per heavy atom. The van der Waals surface area contributed by atoms with E-state index in [2.05, 4.69) is 51.5 Å². The first-order valence-corrected chi connectivity index (χ1v) is 4.83. The second kappa shape index (κ2) is 2.93. The molecule has 0 saturated carbocycles. The Bertz CT molecular complexity index is 231. The molecule has 1 rings (SSSR count). The zero-order valence-electron chi connectivity index (χ0n) is 9.60. The van der Waals surface area contributed by atoms with Gasteiger partial charge in [-0.25, -0.2) is 0 Å². The van der Waals surface area contributed by atoms with Crippen LogP contribution in [0, 0.1) is 10.8 Å². The minimum absolute atomic E-state index is 0.128. The fourth-order valence-corrected chi connectivity index (χ4v) is 1.51. The normalized spacial score (nSPS) is 18.6.